The molecule has 36 heavy (non-hydrogen) atoms. The van der Waals surface area contributed by atoms with Gasteiger partial charge in [0.1, 0.15) is 0 Å². The zero-order chi connectivity index (χ0) is 22.2. The maximum Gasteiger partial charge on any atom is -0.00302 e. The number of hydrogen-bond donors (Lipinski definition) is 0. The number of allylic oxidation sites excluding steroid dienone is 4. The van der Waals surface area contributed by atoms with Gasteiger partial charge in [0.15, 0.2) is 0 Å². The molecule has 0 saturated heterocycles. The van der Waals surface area contributed by atoms with Gasteiger partial charge in [-0.2, -0.15) is 0 Å². The Kier molecular flexibility index (Phi) is 18.9. The molecule has 0 fully saturated rings. The van der Waals surface area contributed by atoms with E-state index in [4.69, 9.17) is 0 Å². The topological polar surface area (TPSA) is 0 Å². The van der Waals surface area contributed by atoms with Crippen LogP contribution in [0.3, 0.4) is 0 Å². The van der Waals surface area contributed by atoms with Crippen LogP contribution in [0.1, 0.15) is 94.4 Å². The van der Waals surface area contributed by atoms with Gasteiger partial charge >= 0.3 is 0 Å². The summed E-state index contributed by atoms with van der Waals surface area (Å²) in [5, 5.41) is 5.20. The first-order valence-electron chi connectivity index (χ1n) is 11.5. The Morgan fingerprint density at radius 2 is 1.17 bits per heavy atom. The van der Waals surface area contributed by atoms with Crippen molar-refractivity contribution < 1.29 is 0 Å². The van der Waals surface area contributed by atoms with Crippen molar-refractivity contribution in [1.82, 2.24) is 0 Å². The van der Waals surface area contributed by atoms with E-state index < -0.39 is 0 Å². The van der Waals surface area contributed by atoms with E-state index in [9.17, 15) is 0 Å². The minimum atomic E-state index is 0. The Bertz CT molecular complexity index is 1130. The molecule has 0 bridgehead atoms. The van der Waals surface area contributed by atoms with E-state index in [1.54, 1.807) is 0 Å². The first-order chi connectivity index (χ1) is 15.2. The van der Waals surface area contributed by atoms with Crippen molar-refractivity contribution in [3.05, 3.63) is 114 Å². The molecule has 4 aromatic rings. The van der Waals surface area contributed by atoms with Crippen molar-refractivity contribution in [3.8, 4) is 0 Å². The van der Waals surface area contributed by atoms with Gasteiger partial charge in [0.25, 0.3) is 0 Å². The fraction of sp³-hybridized carbons (Fsp3) is 0.333. The Morgan fingerprint density at radius 1 is 0.694 bits per heavy atom. The van der Waals surface area contributed by atoms with Crippen LogP contribution in [-0.4, -0.2) is 0 Å². The van der Waals surface area contributed by atoms with Crippen molar-refractivity contribution in [2.75, 3.05) is 0 Å². The quantitative estimate of drug-likeness (QED) is 0.194. The minimum absolute atomic E-state index is 0. The van der Waals surface area contributed by atoms with E-state index in [0.717, 1.165) is 6.42 Å². The molecule has 0 radical (unpaired) electrons. The molecule has 0 heteroatoms. The summed E-state index contributed by atoms with van der Waals surface area (Å²) >= 11 is 0. The minimum Gasteiger partial charge on any atom is -0.0797 e. The van der Waals surface area contributed by atoms with Crippen molar-refractivity contribution in [2.24, 2.45) is 0 Å². The van der Waals surface area contributed by atoms with Crippen LogP contribution in [0, 0.1) is 0 Å². The summed E-state index contributed by atoms with van der Waals surface area (Å²) in [6.45, 7) is 10.6. The summed E-state index contributed by atoms with van der Waals surface area (Å²) in [5.74, 6) is 0.578. The predicted molar refractivity (Wildman–Crippen MR) is 173 cm³/mol. The molecule has 0 heterocycles. The molecule has 0 N–H and O–H groups in total. The van der Waals surface area contributed by atoms with Crippen LogP contribution in [0.15, 0.2) is 97.1 Å². The number of rotatable bonds is 5. The highest BCUT2D eigenvalue weighted by atomic mass is 14.1. The molecule has 0 aliphatic heterocycles. The SMILES string of the molecule is C.C.C.C.C.C/C=C(\C=C/Cc1ccc(C(C)C)cc1)c1c2ccccc2cc2ccccc12.CC. The number of benzene rings is 4. The van der Waals surface area contributed by atoms with Crippen LogP contribution in [0.2, 0.25) is 0 Å². The summed E-state index contributed by atoms with van der Waals surface area (Å²) in [6, 6.07) is 28.7. The average Bonchev–Trinajstić information content (AvgIpc) is 2.82. The van der Waals surface area contributed by atoms with Crippen molar-refractivity contribution in [2.45, 2.75) is 84.1 Å². The molecule has 0 aromatic heterocycles. The molecular weight excluding hydrogens is 432 g/mol. The standard InChI is InChI=1S/C29H28.C2H6.5CH4/c1-4-23(13-9-10-22-16-18-24(19-17-22)21(2)3)29-27-14-7-5-11-25(27)20-26-12-6-8-15-28(26)29;1-2;;;;;/h4-9,11-21H,10H2,1-3H3;1-2H3;5*1H4/b13-9-,23-4+;;;;;;. The fourth-order valence-corrected chi connectivity index (χ4v) is 4.01. The molecule has 4 rings (SSSR count). The second kappa shape index (κ2) is 18.2. The van der Waals surface area contributed by atoms with Gasteiger partial charge in [-0.25, -0.2) is 0 Å². The second-order valence-corrected chi connectivity index (χ2v) is 7.94. The highest BCUT2D eigenvalue weighted by Gasteiger charge is 2.09. The van der Waals surface area contributed by atoms with Crippen molar-refractivity contribution in [3.63, 3.8) is 0 Å². The van der Waals surface area contributed by atoms with Crippen LogP contribution in [0.4, 0.5) is 0 Å². The third-order valence-corrected chi connectivity index (χ3v) is 5.67. The van der Waals surface area contributed by atoms with Gasteiger partial charge in [-0.1, -0.05) is 156 Å². The molecule has 0 spiro atoms. The molecule has 0 amide bonds. The van der Waals surface area contributed by atoms with Gasteiger partial charge in [-0.15, -0.1) is 0 Å². The smallest absolute Gasteiger partial charge is 0.00302 e. The normalized spacial score (nSPS) is 10.2. The van der Waals surface area contributed by atoms with Crippen LogP contribution < -0.4 is 0 Å². The zero-order valence-corrected chi connectivity index (χ0v) is 19.5. The van der Waals surface area contributed by atoms with Crippen LogP contribution in [0.25, 0.3) is 27.1 Å². The van der Waals surface area contributed by atoms with Crippen molar-refractivity contribution >= 4 is 27.1 Å². The fourth-order valence-electron chi connectivity index (χ4n) is 4.01. The van der Waals surface area contributed by atoms with Gasteiger partial charge in [-0.3, -0.25) is 0 Å². The Balaban J connectivity index is -0.00000152. The van der Waals surface area contributed by atoms with Gasteiger partial charge < -0.3 is 0 Å². The van der Waals surface area contributed by atoms with Gasteiger partial charge in [0.2, 0.25) is 0 Å². The molecule has 0 aliphatic rings. The lowest BCUT2D eigenvalue weighted by Gasteiger charge is -2.13. The van der Waals surface area contributed by atoms with E-state index in [1.165, 1.54) is 43.8 Å². The Labute approximate surface area is 224 Å². The monoisotopic (exact) mass is 486 g/mol. The average molecular weight is 487 g/mol. The first-order valence-corrected chi connectivity index (χ1v) is 11.5. The molecule has 0 aliphatic carbocycles. The first kappa shape index (κ1) is 37.4. The summed E-state index contributed by atoms with van der Waals surface area (Å²) in [5.41, 5.74) is 5.35. The maximum absolute atomic E-state index is 2.29. The zero-order valence-electron chi connectivity index (χ0n) is 19.5. The third kappa shape index (κ3) is 8.52. The van der Waals surface area contributed by atoms with Crippen LogP contribution >= 0.6 is 0 Å². The molecule has 198 valence electrons. The molecule has 0 nitrogen and oxygen atoms in total. The van der Waals surface area contributed by atoms with Gasteiger partial charge in [-0.05, 0) is 69.1 Å². The molecule has 4 aromatic carbocycles. The van der Waals surface area contributed by atoms with Crippen LogP contribution in [-0.2, 0) is 6.42 Å². The van der Waals surface area contributed by atoms with Gasteiger partial charge in [0, 0.05) is 0 Å². The van der Waals surface area contributed by atoms with E-state index in [-0.39, 0.29) is 37.1 Å². The summed E-state index contributed by atoms with van der Waals surface area (Å²) < 4.78 is 0. The van der Waals surface area contributed by atoms with Crippen molar-refractivity contribution in [1.29, 1.82) is 0 Å². The summed E-state index contributed by atoms with van der Waals surface area (Å²) in [6.07, 6.45) is 7.74. The number of hydrogen-bond acceptors (Lipinski definition) is 0. The largest absolute Gasteiger partial charge is 0.0797 e. The predicted octanol–water partition coefficient (Wildman–Crippen LogP) is 12.5. The second-order valence-electron chi connectivity index (χ2n) is 7.94. The summed E-state index contributed by atoms with van der Waals surface area (Å²) in [7, 11) is 0. The van der Waals surface area contributed by atoms with Crippen LogP contribution in [0.5, 0.6) is 0 Å². The Hall–Kier alpha value is -3.12. The van der Waals surface area contributed by atoms with E-state index in [1.807, 2.05) is 13.8 Å². The Morgan fingerprint density at radius 3 is 1.61 bits per heavy atom. The van der Waals surface area contributed by atoms with E-state index in [0.29, 0.717) is 5.92 Å². The lowest BCUT2D eigenvalue weighted by molar-refractivity contribution is 0.865. The summed E-state index contributed by atoms with van der Waals surface area (Å²) in [4.78, 5) is 0. The highest BCUT2D eigenvalue weighted by molar-refractivity contribution is 6.10. The van der Waals surface area contributed by atoms with Gasteiger partial charge in [0.05, 0.1) is 0 Å². The maximum atomic E-state index is 2.29. The molecule has 0 atom stereocenters. The molecule has 0 saturated carbocycles. The molecule has 0 unspecified atom stereocenters. The lowest BCUT2D eigenvalue weighted by Crippen LogP contribution is -1.90. The third-order valence-electron chi connectivity index (χ3n) is 5.67. The van der Waals surface area contributed by atoms with E-state index in [2.05, 4.69) is 118 Å². The highest BCUT2D eigenvalue weighted by Crippen LogP contribution is 2.34. The molecular formula is C36H54. The van der Waals surface area contributed by atoms with E-state index >= 15 is 0 Å². The lowest BCUT2D eigenvalue weighted by atomic mass is 9.91. The number of fused-ring (bicyclic) bond motifs is 2.